The van der Waals surface area contributed by atoms with E-state index in [1.807, 2.05) is 56.3 Å². The molecule has 0 bridgehead atoms. The Labute approximate surface area is 189 Å². The van der Waals surface area contributed by atoms with Crippen LogP contribution in [0.1, 0.15) is 44.2 Å². The second-order valence-corrected chi connectivity index (χ2v) is 8.63. The summed E-state index contributed by atoms with van der Waals surface area (Å²) < 4.78 is 0. The number of carbonyl (C=O) groups is 2. The third-order valence-corrected chi connectivity index (χ3v) is 6.20. The van der Waals surface area contributed by atoms with E-state index in [1.165, 1.54) is 5.56 Å². The van der Waals surface area contributed by atoms with Crippen LogP contribution >= 0.6 is 23.4 Å². The summed E-state index contributed by atoms with van der Waals surface area (Å²) in [6, 6.07) is 17.2. The molecule has 0 aliphatic heterocycles. The van der Waals surface area contributed by atoms with Gasteiger partial charge in [-0.05, 0) is 30.0 Å². The third-order valence-electron chi connectivity index (χ3n) is 4.81. The van der Waals surface area contributed by atoms with Crippen LogP contribution < -0.4 is 5.32 Å². The summed E-state index contributed by atoms with van der Waals surface area (Å²) in [7, 11) is 0. The van der Waals surface area contributed by atoms with E-state index in [4.69, 9.17) is 11.6 Å². The van der Waals surface area contributed by atoms with E-state index in [1.54, 1.807) is 16.7 Å². The molecule has 2 aromatic carbocycles. The molecule has 0 aliphatic carbocycles. The molecule has 162 valence electrons. The number of thioether (sulfide) groups is 1. The number of rotatable bonds is 12. The molecular weight excluding hydrogens is 416 g/mol. The number of amides is 2. The van der Waals surface area contributed by atoms with Gasteiger partial charge in [-0.25, -0.2) is 0 Å². The molecule has 0 aromatic heterocycles. The van der Waals surface area contributed by atoms with E-state index in [0.29, 0.717) is 36.7 Å². The quantitative estimate of drug-likeness (QED) is 0.450. The SMILES string of the molecule is CCCNC(=O)C(CC)N(Cc1ccccc1Cl)C(=O)CCSCc1ccccc1. The molecule has 0 aliphatic rings. The maximum atomic E-state index is 13.1. The van der Waals surface area contributed by atoms with Gasteiger partial charge in [0.25, 0.3) is 0 Å². The van der Waals surface area contributed by atoms with Crippen LogP contribution in [0.25, 0.3) is 0 Å². The van der Waals surface area contributed by atoms with Crippen molar-refractivity contribution >= 4 is 35.2 Å². The van der Waals surface area contributed by atoms with Crippen LogP contribution in [-0.2, 0) is 21.9 Å². The van der Waals surface area contributed by atoms with Crippen LogP contribution in [0.2, 0.25) is 5.02 Å². The molecule has 30 heavy (non-hydrogen) atoms. The second-order valence-electron chi connectivity index (χ2n) is 7.12. The highest BCUT2D eigenvalue weighted by molar-refractivity contribution is 7.98. The molecule has 0 fully saturated rings. The number of carbonyl (C=O) groups excluding carboxylic acids is 2. The number of nitrogens with zero attached hydrogens (tertiary/aromatic N) is 1. The Morgan fingerprint density at radius 2 is 1.77 bits per heavy atom. The van der Waals surface area contributed by atoms with Crippen molar-refractivity contribution in [3.8, 4) is 0 Å². The third kappa shape index (κ3) is 7.69. The summed E-state index contributed by atoms with van der Waals surface area (Å²) in [5, 5.41) is 3.55. The molecule has 6 heteroatoms. The lowest BCUT2D eigenvalue weighted by molar-refractivity contribution is -0.141. The van der Waals surface area contributed by atoms with Crippen molar-refractivity contribution in [1.82, 2.24) is 10.2 Å². The zero-order valence-electron chi connectivity index (χ0n) is 17.8. The van der Waals surface area contributed by atoms with Gasteiger partial charge in [0, 0.05) is 36.0 Å². The van der Waals surface area contributed by atoms with Crippen LogP contribution in [0.15, 0.2) is 54.6 Å². The molecule has 1 unspecified atom stereocenters. The highest BCUT2D eigenvalue weighted by Crippen LogP contribution is 2.21. The standard InChI is InChI=1S/C24H31ClN2O2S/c1-3-15-26-24(29)22(4-2)27(17-20-12-8-9-13-21(20)25)23(28)14-16-30-18-19-10-6-5-7-11-19/h5-13,22H,3-4,14-18H2,1-2H3,(H,26,29). The largest absolute Gasteiger partial charge is 0.354 e. The van der Waals surface area contributed by atoms with Gasteiger partial charge in [0.1, 0.15) is 6.04 Å². The lowest BCUT2D eigenvalue weighted by Crippen LogP contribution is -2.49. The van der Waals surface area contributed by atoms with Crippen molar-refractivity contribution in [2.45, 2.75) is 51.4 Å². The monoisotopic (exact) mass is 446 g/mol. The Kier molecular flexibility index (Phi) is 10.8. The van der Waals surface area contributed by atoms with Crippen molar-refractivity contribution in [3.63, 3.8) is 0 Å². The van der Waals surface area contributed by atoms with Crippen molar-refractivity contribution in [2.75, 3.05) is 12.3 Å². The van der Waals surface area contributed by atoms with Gasteiger partial charge in [-0.1, -0.05) is 74.0 Å². The molecule has 2 aromatic rings. The number of hydrogen-bond acceptors (Lipinski definition) is 3. The van der Waals surface area contributed by atoms with Crippen molar-refractivity contribution in [2.24, 2.45) is 0 Å². The second kappa shape index (κ2) is 13.3. The first kappa shape index (κ1) is 24.3. The smallest absolute Gasteiger partial charge is 0.242 e. The molecule has 0 heterocycles. The molecule has 4 nitrogen and oxygen atoms in total. The maximum absolute atomic E-state index is 13.1. The molecule has 1 N–H and O–H groups in total. The molecule has 0 spiro atoms. The number of hydrogen-bond donors (Lipinski definition) is 1. The number of nitrogens with one attached hydrogen (secondary N) is 1. The van der Waals surface area contributed by atoms with E-state index in [9.17, 15) is 9.59 Å². The average molecular weight is 447 g/mol. The Bertz CT molecular complexity index is 801. The minimum absolute atomic E-state index is 0.0195. The zero-order chi connectivity index (χ0) is 21.8. The van der Waals surface area contributed by atoms with Crippen LogP contribution in [0.4, 0.5) is 0 Å². The fourth-order valence-electron chi connectivity index (χ4n) is 3.16. The first-order valence-electron chi connectivity index (χ1n) is 10.5. The van der Waals surface area contributed by atoms with Crippen LogP contribution in [0.3, 0.4) is 0 Å². The van der Waals surface area contributed by atoms with Crippen molar-refractivity contribution < 1.29 is 9.59 Å². The van der Waals surface area contributed by atoms with Crippen LogP contribution in [-0.4, -0.2) is 35.1 Å². The summed E-state index contributed by atoms with van der Waals surface area (Å²) in [6.07, 6.45) is 1.80. The first-order chi connectivity index (χ1) is 14.6. The highest BCUT2D eigenvalue weighted by Gasteiger charge is 2.28. The van der Waals surface area contributed by atoms with Crippen molar-refractivity contribution in [3.05, 3.63) is 70.7 Å². The summed E-state index contributed by atoms with van der Waals surface area (Å²) in [4.78, 5) is 27.6. The maximum Gasteiger partial charge on any atom is 0.242 e. The molecule has 0 saturated carbocycles. The Balaban J connectivity index is 2.05. The van der Waals surface area contributed by atoms with Gasteiger partial charge in [0.15, 0.2) is 0 Å². The molecule has 0 radical (unpaired) electrons. The minimum atomic E-state index is -0.501. The van der Waals surface area contributed by atoms with Gasteiger partial charge in [0.05, 0.1) is 0 Å². The Morgan fingerprint density at radius 3 is 2.43 bits per heavy atom. The van der Waals surface area contributed by atoms with Gasteiger partial charge in [-0.15, -0.1) is 0 Å². The molecule has 0 saturated heterocycles. The highest BCUT2D eigenvalue weighted by atomic mass is 35.5. The predicted molar refractivity (Wildman–Crippen MR) is 127 cm³/mol. The van der Waals surface area contributed by atoms with Gasteiger partial charge >= 0.3 is 0 Å². The van der Waals surface area contributed by atoms with Crippen LogP contribution in [0, 0.1) is 0 Å². The Hall–Kier alpha value is -1.98. The molecule has 2 amide bonds. The topological polar surface area (TPSA) is 49.4 Å². The fourth-order valence-corrected chi connectivity index (χ4v) is 4.25. The van der Waals surface area contributed by atoms with Gasteiger partial charge in [-0.2, -0.15) is 11.8 Å². The average Bonchev–Trinajstić information content (AvgIpc) is 2.77. The van der Waals surface area contributed by atoms with Gasteiger partial charge < -0.3 is 10.2 Å². The summed E-state index contributed by atoms with van der Waals surface area (Å²) >= 11 is 8.07. The molecule has 1 atom stereocenters. The number of halogens is 1. The van der Waals surface area contributed by atoms with E-state index in [-0.39, 0.29) is 11.8 Å². The minimum Gasteiger partial charge on any atom is -0.354 e. The predicted octanol–water partition coefficient (Wildman–Crippen LogP) is 5.30. The van der Waals surface area contributed by atoms with Gasteiger partial charge in [-0.3, -0.25) is 9.59 Å². The molecular formula is C24H31ClN2O2S. The lowest BCUT2D eigenvalue weighted by atomic mass is 10.1. The van der Waals surface area contributed by atoms with E-state index < -0.39 is 6.04 Å². The van der Waals surface area contributed by atoms with E-state index in [0.717, 1.165) is 17.7 Å². The summed E-state index contributed by atoms with van der Waals surface area (Å²) in [5.41, 5.74) is 2.10. The van der Waals surface area contributed by atoms with E-state index >= 15 is 0 Å². The first-order valence-corrected chi connectivity index (χ1v) is 12.0. The lowest BCUT2D eigenvalue weighted by Gasteiger charge is -2.31. The fraction of sp³-hybridized carbons (Fsp3) is 0.417. The van der Waals surface area contributed by atoms with E-state index in [2.05, 4.69) is 17.4 Å². The van der Waals surface area contributed by atoms with Gasteiger partial charge in [0.2, 0.25) is 11.8 Å². The summed E-state index contributed by atoms with van der Waals surface area (Å²) in [6.45, 7) is 4.89. The summed E-state index contributed by atoms with van der Waals surface area (Å²) in [5.74, 6) is 1.46. The molecule has 2 rings (SSSR count). The van der Waals surface area contributed by atoms with Crippen molar-refractivity contribution in [1.29, 1.82) is 0 Å². The zero-order valence-corrected chi connectivity index (χ0v) is 19.3. The normalized spacial score (nSPS) is 11.7. The number of benzene rings is 2. The van der Waals surface area contributed by atoms with Crippen LogP contribution in [0.5, 0.6) is 0 Å². The Morgan fingerprint density at radius 1 is 1.07 bits per heavy atom.